The molecule has 8 aromatic rings. The van der Waals surface area contributed by atoms with Gasteiger partial charge in [-0.15, -0.1) is 69.3 Å². The number of esters is 2. The number of hydrogen-bond acceptors (Lipinski definition) is 31. The molecule has 794 valence electrons. The van der Waals surface area contributed by atoms with E-state index in [9.17, 15) is 58.8 Å². The number of urea groups is 3. The number of morpholine rings is 4. The summed E-state index contributed by atoms with van der Waals surface area (Å²) in [6, 6.07) is 34.8. The normalized spacial score (nSPS) is 15.4. The van der Waals surface area contributed by atoms with E-state index in [1.165, 1.54) is 60.0 Å². The Morgan fingerprint density at radius 3 is 1.13 bits per heavy atom. The molecule has 0 spiro atoms. The van der Waals surface area contributed by atoms with Crippen molar-refractivity contribution in [3.63, 3.8) is 0 Å². The number of halogens is 7. The third-order valence-electron chi connectivity index (χ3n) is 22.8. The van der Waals surface area contributed by atoms with Gasteiger partial charge >= 0.3 is 92.6 Å². The zero-order valence-electron chi connectivity index (χ0n) is 82.3. The topological polar surface area (TPSA) is 416 Å². The summed E-state index contributed by atoms with van der Waals surface area (Å²) in [6.07, 6.45) is 5.91. The molecule has 0 saturated carbocycles. The number of aliphatic hydroxyl groups is 3. The summed E-state index contributed by atoms with van der Waals surface area (Å²) in [5.41, 5.74) is 4.64. The molecule has 4 aliphatic rings. The summed E-state index contributed by atoms with van der Waals surface area (Å²) >= 11 is 20.7. The third-order valence-corrected chi connectivity index (χ3v) is 27.4. The summed E-state index contributed by atoms with van der Waals surface area (Å²) in [6.45, 7) is 25.9. The second-order valence-corrected chi connectivity index (χ2v) is 55.8. The monoisotopic (exact) mass is 2760 g/mol. The molecule has 4 aromatic heterocycles. The van der Waals surface area contributed by atoms with Crippen LogP contribution in [0.4, 0.5) is 19.2 Å². The maximum atomic E-state index is 14.3. The fourth-order valence-electron chi connectivity index (χ4n) is 14.8. The molecule has 0 unspecified atom stereocenters. The van der Waals surface area contributed by atoms with Crippen molar-refractivity contribution in [3.8, 4) is 0 Å². The first-order valence-corrected chi connectivity index (χ1v) is 69.6. The molecule has 6 atom stereocenters. The van der Waals surface area contributed by atoms with Crippen molar-refractivity contribution in [2.45, 2.75) is 186 Å². The van der Waals surface area contributed by atoms with E-state index in [0.29, 0.717) is 156 Å². The van der Waals surface area contributed by atoms with Crippen LogP contribution in [0.1, 0.15) is 146 Å². The predicted molar refractivity (Wildman–Crippen MR) is 597 cm³/mol. The standard InChI is InChI=1S/C41H54N6O6S2.C24H34N4O5S.C17H28N4O5S.C15H21ClN2O3.I3.I2.HI/c1-41(2,51)38-43-34(28-54-38)26-46(3)39(49)45-36(16-17-47-18-20-52-21-19-47)37(48)24-32(22-30-10-6-4-7-11-30)14-15-33(23-31-12-8-5-9-13-31)44-40(50)53-27-35-25-42-29-55-35;1-24(2,31)22-25-19(17-34-22)15-27(3)23(30)26-20(9-10-28-11-13-32-14-12-28)21(29)33-16-18-7-5-4-6-8-18;1-17(2,25)15-18-12(11-27-15)10-20(3)16(24)19-13(14(22)23)4-5-21-6-8-26-9-7-21;16-17-14(6-7-18-8-10-20-11-9-18)15(19)21-12-13-4-2-1-3-5-13;1-3-2;1-2;/h4-13,25,28-29,32-33,36,51H,14-24,26-27H2,1-3H3,(H,44,50)(H,45,49);4-8,17,20,31H,9-16H2,1-3H3,(H,26,30);11,13,25H,4-10H2,1-3H3,(H,19,24)(H,22,23);1-5,14,17H,6-12H2;;;1H/q;;;;-1;;/t32-,33-,36+;20-;13-;14-;;;/m1000.../s1. The van der Waals surface area contributed by atoms with Crippen LogP contribution in [-0.2, 0) is 121 Å². The van der Waals surface area contributed by atoms with Gasteiger partial charge in [0, 0.05) is 172 Å². The van der Waals surface area contributed by atoms with E-state index in [1.54, 1.807) is 79.8 Å². The molecule has 4 aromatic carbocycles. The molecule has 0 bridgehead atoms. The summed E-state index contributed by atoms with van der Waals surface area (Å²) in [4.78, 5) is 137. The smallest absolute Gasteiger partial charge is 0.324 e. The van der Waals surface area contributed by atoms with Crippen LogP contribution in [-0.4, -0.2) is 305 Å². The van der Waals surface area contributed by atoms with Gasteiger partial charge in [0.15, 0.2) is 5.78 Å². The first kappa shape index (κ1) is 126. The molecule has 0 radical (unpaired) electrons. The van der Waals surface area contributed by atoms with Crippen LogP contribution in [0.2, 0.25) is 0 Å². The number of nitrogens with one attached hydrogen (secondary N) is 5. The third kappa shape index (κ3) is 51.0. The molecular weight excluding hydrogens is 2620 g/mol. The number of rotatable bonds is 45. The van der Waals surface area contributed by atoms with Crippen molar-refractivity contribution in [3.05, 3.63) is 208 Å². The Morgan fingerprint density at radius 1 is 0.455 bits per heavy atom. The number of amides is 7. The van der Waals surface area contributed by atoms with Crippen molar-refractivity contribution in [2.75, 3.05) is 153 Å². The fraction of sp³-hybridized carbons (Fsp3) is 0.546. The number of ether oxygens (including phenoxy) is 7. The number of hydrogen-bond donors (Lipinski definition) is 9. The van der Waals surface area contributed by atoms with Crippen LogP contribution in [0.15, 0.2) is 149 Å². The SMILES string of the molecule is CN(Cc1csc(C(C)(C)O)n1)C(=O)N[C@@H](CCN1CCOCC1)C(=O)C[C@H](CC[C@H](Cc1ccccc1)NC(=O)OCc1cncs1)Cc1ccccc1.CN(Cc1csc(C(C)(C)O)n1)C(=O)N[C@@H](CCN1CCOCC1)C(=O)O.CN(Cc1csc(C(C)(C)O)n1)C(=O)N[C@@H](CCN1CCOCC1)C(=O)OCc1ccccc1.I.II.I[I-]I.O=C(OCc1ccccc1)[C@H](CCN1CCOCC1)NCl. The van der Waals surface area contributed by atoms with E-state index >= 15 is 0 Å². The van der Waals surface area contributed by atoms with Gasteiger partial charge in [0.1, 0.15) is 69.8 Å². The van der Waals surface area contributed by atoms with Gasteiger partial charge < -0.3 is 89.6 Å². The number of carboxylic acid groups (broad SMARTS) is 1. The number of ketones is 1. The van der Waals surface area contributed by atoms with Crippen LogP contribution in [0, 0.1) is 5.92 Å². The first-order valence-electron chi connectivity index (χ1n) is 46.8. The Morgan fingerprint density at radius 2 is 0.783 bits per heavy atom. The molecule has 4 fully saturated rings. The zero-order valence-corrected chi connectivity index (χ0v) is 99.4. The van der Waals surface area contributed by atoms with Gasteiger partial charge in [-0.2, -0.15) is 0 Å². The van der Waals surface area contributed by atoms with E-state index in [0.717, 1.165) is 99.2 Å². The van der Waals surface area contributed by atoms with Crippen LogP contribution < -0.4 is 39.4 Å². The Labute approximate surface area is 931 Å². The van der Waals surface area contributed by atoms with E-state index in [4.69, 9.17) is 44.9 Å². The minimum absolute atomic E-state index is 0. The quantitative estimate of drug-likeness (QED) is 0.00741. The largest absolute Gasteiger partial charge is 0.460 e. The Kier molecular flexibility index (Phi) is 61.9. The molecule has 12 rings (SSSR count). The summed E-state index contributed by atoms with van der Waals surface area (Å²) in [7, 11) is 4.91. The molecule has 9 N–H and O–H groups in total. The molecular formula is C97H138ClI6N16O19S4-. The average Bonchev–Trinajstić information content (AvgIpc) is 1.74. The molecule has 46 heteroatoms. The van der Waals surface area contributed by atoms with Gasteiger partial charge in [-0.25, -0.2) is 48.6 Å². The van der Waals surface area contributed by atoms with Gasteiger partial charge in [-0.1, -0.05) is 121 Å². The predicted octanol–water partition coefficient (Wildman–Crippen LogP) is 12.0. The number of aliphatic carboxylic acids is 1. The Bertz CT molecular complexity index is 4910. The molecule has 4 aliphatic heterocycles. The molecule has 143 heavy (non-hydrogen) atoms. The number of thiazole rings is 4. The summed E-state index contributed by atoms with van der Waals surface area (Å²) < 4.78 is 37.8. The van der Waals surface area contributed by atoms with E-state index < -0.39 is 65.0 Å². The van der Waals surface area contributed by atoms with Crippen molar-refractivity contribution >= 4 is 203 Å². The van der Waals surface area contributed by atoms with Crippen molar-refractivity contribution in [1.29, 1.82) is 0 Å². The molecule has 35 nitrogen and oxygen atoms in total. The van der Waals surface area contributed by atoms with Crippen LogP contribution in [0.3, 0.4) is 0 Å². The second-order valence-electron chi connectivity index (χ2n) is 35.8. The van der Waals surface area contributed by atoms with Crippen molar-refractivity contribution < 1.29 is 105 Å². The first-order chi connectivity index (χ1) is 68.1. The van der Waals surface area contributed by atoms with Gasteiger partial charge in [-0.3, -0.25) is 34.2 Å². The van der Waals surface area contributed by atoms with E-state index in [2.05, 4.69) is 152 Å². The second kappa shape index (κ2) is 70.0. The van der Waals surface area contributed by atoms with Gasteiger partial charge in [0.25, 0.3) is 0 Å². The van der Waals surface area contributed by atoms with Crippen molar-refractivity contribution in [1.82, 2.24) is 80.3 Å². The number of nitrogens with zero attached hydrogens (tertiary/aromatic N) is 11. The maximum absolute atomic E-state index is 14.3. The summed E-state index contributed by atoms with van der Waals surface area (Å²) in [5, 5.41) is 58.6. The molecule has 7 amide bonds. The number of carboxylic acids is 1. The molecule has 4 saturated heterocycles. The van der Waals surface area contributed by atoms with Crippen LogP contribution in [0.5, 0.6) is 0 Å². The van der Waals surface area contributed by atoms with Crippen molar-refractivity contribution in [2.24, 2.45) is 5.92 Å². The molecule has 8 heterocycles. The Balaban J connectivity index is 0.000000305. The Hall–Kier alpha value is -5.25. The number of aromatic nitrogens is 4. The summed E-state index contributed by atoms with van der Waals surface area (Å²) in [5.74, 6) is -1.90. The molecule has 0 aliphatic carbocycles. The fourth-order valence-corrected chi connectivity index (χ4v) is 18.0. The number of alkyl carbamates (subject to hydrolysis) is 1. The zero-order chi connectivity index (χ0) is 103. The van der Waals surface area contributed by atoms with Gasteiger partial charge in [0.2, 0.25) is 0 Å². The minimum atomic E-state index is -1.07. The van der Waals surface area contributed by atoms with E-state index in [-0.39, 0.29) is 106 Å². The van der Waals surface area contributed by atoms with Gasteiger partial charge in [0.05, 0.1) is 106 Å². The number of Topliss-reactive ketones (excluding diaryl/α,β-unsaturated/α-hetero) is 1. The van der Waals surface area contributed by atoms with Gasteiger partial charge in [-0.05, 0) is 133 Å². The number of benzene rings is 4. The average molecular weight is 2760 g/mol. The maximum Gasteiger partial charge on any atom is 0.324 e. The number of carbonyl (C=O) groups excluding carboxylic acids is 7. The van der Waals surface area contributed by atoms with E-state index in [1.807, 2.05) is 120 Å². The number of carbonyl (C=O) groups is 8. The van der Waals surface area contributed by atoms with Crippen LogP contribution in [0.25, 0.3) is 0 Å². The minimum Gasteiger partial charge on any atom is -0.460 e. The van der Waals surface area contributed by atoms with Crippen LogP contribution >= 0.6 is 156 Å².